The average molecular weight is 274 g/mol. The molecule has 2 atom stereocenters. The van der Waals surface area contributed by atoms with Crippen molar-refractivity contribution in [1.29, 1.82) is 0 Å². The Hall–Kier alpha value is -1.14. The van der Waals surface area contributed by atoms with Crippen LogP contribution in [0.4, 0.5) is 0 Å². The monoisotopic (exact) mass is 274 g/mol. The van der Waals surface area contributed by atoms with Crippen molar-refractivity contribution in [2.24, 2.45) is 5.92 Å². The highest BCUT2D eigenvalue weighted by Gasteiger charge is 2.21. The van der Waals surface area contributed by atoms with Crippen molar-refractivity contribution in [1.82, 2.24) is 9.80 Å². The summed E-state index contributed by atoms with van der Waals surface area (Å²) in [6.07, 6.45) is -0.592. The van der Waals surface area contributed by atoms with E-state index in [0.717, 1.165) is 0 Å². The lowest BCUT2D eigenvalue weighted by atomic mass is 10.1. The van der Waals surface area contributed by atoms with Crippen LogP contribution in [0.5, 0.6) is 0 Å². The fraction of sp³-hybridized carbons (Fsp3) is 0.846. The Morgan fingerprint density at radius 2 is 1.63 bits per heavy atom. The van der Waals surface area contributed by atoms with E-state index in [-0.39, 0.29) is 19.0 Å². The molecule has 0 bridgehead atoms. The molecular weight excluding hydrogens is 248 g/mol. The van der Waals surface area contributed by atoms with Gasteiger partial charge in [-0.2, -0.15) is 0 Å². The third-order valence-corrected chi connectivity index (χ3v) is 2.95. The second kappa shape index (κ2) is 8.87. The predicted molar refractivity (Wildman–Crippen MR) is 72.8 cm³/mol. The smallest absolute Gasteiger partial charge is 0.307 e. The molecule has 1 amide bonds. The van der Waals surface area contributed by atoms with Crippen LogP contribution in [0.1, 0.15) is 27.7 Å². The van der Waals surface area contributed by atoms with Gasteiger partial charge in [0.1, 0.15) is 0 Å². The van der Waals surface area contributed by atoms with E-state index in [9.17, 15) is 14.7 Å². The summed E-state index contributed by atoms with van der Waals surface area (Å²) in [5.74, 6) is -1.50. The number of carboxylic acid groups (broad SMARTS) is 1. The summed E-state index contributed by atoms with van der Waals surface area (Å²) < 4.78 is 0. The molecule has 2 unspecified atom stereocenters. The van der Waals surface area contributed by atoms with E-state index in [4.69, 9.17) is 5.11 Å². The molecule has 2 N–H and O–H groups in total. The van der Waals surface area contributed by atoms with Crippen LogP contribution in [0.25, 0.3) is 0 Å². The molecule has 0 aliphatic heterocycles. The SMILES string of the molecule is CCN(CC)C(=O)CN(CC(C)O)CC(C)C(=O)O. The van der Waals surface area contributed by atoms with E-state index in [0.29, 0.717) is 19.6 Å². The molecular formula is C13H26N2O4. The number of hydrogen-bond donors (Lipinski definition) is 2. The van der Waals surface area contributed by atoms with E-state index in [2.05, 4.69) is 0 Å². The first kappa shape index (κ1) is 17.9. The Labute approximate surface area is 115 Å². The maximum absolute atomic E-state index is 12.0. The number of carbonyl (C=O) groups is 2. The van der Waals surface area contributed by atoms with E-state index < -0.39 is 18.0 Å². The zero-order valence-corrected chi connectivity index (χ0v) is 12.3. The Balaban J connectivity index is 4.58. The van der Waals surface area contributed by atoms with Gasteiger partial charge in [-0.15, -0.1) is 0 Å². The Morgan fingerprint density at radius 1 is 1.11 bits per heavy atom. The molecule has 19 heavy (non-hydrogen) atoms. The molecule has 6 nitrogen and oxygen atoms in total. The zero-order valence-electron chi connectivity index (χ0n) is 12.3. The summed E-state index contributed by atoms with van der Waals surface area (Å²) >= 11 is 0. The quantitative estimate of drug-likeness (QED) is 0.630. The van der Waals surface area contributed by atoms with Gasteiger partial charge in [-0.05, 0) is 20.8 Å². The largest absolute Gasteiger partial charge is 0.481 e. The number of aliphatic hydroxyl groups excluding tert-OH is 1. The number of rotatable bonds is 9. The number of nitrogens with zero attached hydrogens (tertiary/aromatic N) is 2. The van der Waals surface area contributed by atoms with Gasteiger partial charge in [0, 0.05) is 26.2 Å². The average Bonchev–Trinajstić information content (AvgIpc) is 2.29. The van der Waals surface area contributed by atoms with Crippen LogP contribution in [0.3, 0.4) is 0 Å². The molecule has 0 aromatic rings. The van der Waals surface area contributed by atoms with Crippen LogP contribution in [0.2, 0.25) is 0 Å². The lowest BCUT2D eigenvalue weighted by Crippen LogP contribution is -2.44. The van der Waals surface area contributed by atoms with Crippen LogP contribution in [-0.4, -0.2) is 70.7 Å². The molecule has 0 rings (SSSR count). The summed E-state index contributed by atoms with van der Waals surface area (Å²) in [5, 5.41) is 18.3. The Kier molecular flexibility index (Phi) is 8.34. The van der Waals surface area contributed by atoms with Crippen molar-refractivity contribution in [3.63, 3.8) is 0 Å². The van der Waals surface area contributed by atoms with Gasteiger partial charge in [0.25, 0.3) is 0 Å². The number of hydrogen-bond acceptors (Lipinski definition) is 4. The minimum absolute atomic E-state index is 0.0387. The van der Waals surface area contributed by atoms with Crippen molar-refractivity contribution in [2.45, 2.75) is 33.8 Å². The first-order chi connectivity index (χ1) is 8.81. The first-order valence-corrected chi connectivity index (χ1v) is 6.72. The molecule has 0 fully saturated rings. The topological polar surface area (TPSA) is 81.1 Å². The third kappa shape index (κ3) is 7.12. The number of amides is 1. The summed E-state index contributed by atoms with van der Waals surface area (Å²) in [4.78, 5) is 26.3. The summed E-state index contributed by atoms with van der Waals surface area (Å²) in [5.41, 5.74) is 0. The van der Waals surface area contributed by atoms with E-state index >= 15 is 0 Å². The predicted octanol–water partition coefficient (Wildman–Crippen LogP) is 0.258. The van der Waals surface area contributed by atoms with Crippen molar-refractivity contribution < 1.29 is 19.8 Å². The Bertz CT molecular complexity index is 290. The standard InChI is InChI=1S/C13H26N2O4/c1-5-15(6-2)12(17)9-14(8-11(4)16)7-10(3)13(18)19/h10-11,16H,5-9H2,1-4H3,(H,18,19). The van der Waals surface area contributed by atoms with Gasteiger partial charge in [-0.1, -0.05) is 6.92 Å². The molecule has 0 aliphatic rings. The summed E-state index contributed by atoms with van der Waals surface area (Å²) in [6.45, 7) is 8.99. The lowest BCUT2D eigenvalue weighted by molar-refractivity contribution is -0.143. The van der Waals surface area contributed by atoms with Crippen molar-refractivity contribution in [2.75, 3.05) is 32.7 Å². The van der Waals surface area contributed by atoms with Crippen LogP contribution in [0.15, 0.2) is 0 Å². The summed E-state index contributed by atoms with van der Waals surface area (Å²) in [7, 11) is 0. The van der Waals surface area contributed by atoms with Gasteiger partial charge < -0.3 is 15.1 Å². The maximum Gasteiger partial charge on any atom is 0.307 e. The van der Waals surface area contributed by atoms with Gasteiger partial charge in [0.15, 0.2) is 0 Å². The molecule has 0 saturated carbocycles. The fourth-order valence-corrected chi connectivity index (χ4v) is 1.91. The van der Waals surface area contributed by atoms with Gasteiger partial charge >= 0.3 is 5.97 Å². The van der Waals surface area contributed by atoms with Crippen LogP contribution in [-0.2, 0) is 9.59 Å². The molecule has 112 valence electrons. The first-order valence-electron chi connectivity index (χ1n) is 6.72. The molecule has 0 saturated heterocycles. The number of carboxylic acids is 1. The lowest BCUT2D eigenvalue weighted by Gasteiger charge is -2.28. The van der Waals surface area contributed by atoms with Gasteiger partial charge in [-0.25, -0.2) is 0 Å². The van der Waals surface area contributed by atoms with E-state index in [1.54, 1.807) is 23.6 Å². The third-order valence-electron chi connectivity index (χ3n) is 2.95. The minimum atomic E-state index is -0.897. The minimum Gasteiger partial charge on any atom is -0.481 e. The highest BCUT2D eigenvalue weighted by atomic mass is 16.4. The molecule has 0 spiro atoms. The van der Waals surface area contributed by atoms with E-state index in [1.807, 2.05) is 13.8 Å². The number of carbonyl (C=O) groups excluding carboxylic acids is 1. The number of likely N-dealkylation sites (N-methyl/N-ethyl adjacent to an activating group) is 1. The van der Waals surface area contributed by atoms with Crippen molar-refractivity contribution in [3.8, 4) is 0 Å². The second-order valence-electron chi connectivity index (χ2n) is 4.85. The highest BCUT2D eigenvalue weighted by molar-refractivity contribution is 5.78. The normalized spacial score (nSPS) is 14.2. The molecule has 6 heteroatoms. The molecule has 0 heterocycles. The zero-order chi connectivity index (χ0) is 15.0. The molecule has 0 aromatic carbocycles. The van der Waals surface area contributed by atoms with Gasteiger partial charge in [0.2, 0.25) is 5.91 Å². The van der Waals surface area contributed by atoms with Crippen molar-refractivity contribution in [3.05, 3.63) is 0 Å². The number of aliphatic hydroxyl groups is 1. The van der Waals surface area contributed by atoms with Crippen LogP contribution >= 0.6 is 0 Å². The second-order valence-corrected chi connectivity index (χ2v) is 4.85. The highest BCUT2D eigenvalue weighted by Crippen LogP contribution is 2.03. The van der Waals surface area contributed by atoms with Gasteiger partial charge in [0.05, 0.1) is 18.6 Å². The van der Waals surface area contributed by atoms with Gasteiger partial charge in [-0.3, -0.25) is 14.5 Å². The molecule has 0 radical (unpaired) electrons. The number of aliphatic carboxylic acids is 1. The van der Waals surface area contributed by atoms with Crippen LogP contribution in [0, 0.1) is 5.92 Å². The van der Waals surface area contributed by atoms with Crippen molar-refractivity contribution >= 4 is 11.9 Å². The van der Waals surface area contributed by atoms with Crippen LogP contribution < -0.4 is 0 Å². The fourth-order valence-electron chi connectivity index (χ4n) is 1.91. The summed E-state index contributed by atoms with van der Waals surface area (Å²) in [6, 6.07) is 0. The Morgan fingerprint density at radius 3 is 2.00 bits per heavy atom. The van der Waals surface area contributed by atoms with E-state index in [1.165, 1.54) is 0 Å². The maximum atomic E-state index is 12.0. The molecule has 0 aromatic heterocycles. The molecule has 0 aliphatic carbocycles.